The highest BCUT2D eigenvalue weighted by atomic mass is 16.5. The average Bonchev–Trinajstić information content (AvgIpc) is 3.44. The van der Waals surface area contributed by atoms with Crippen LogP contribution in [-0.4, -0.2) is 87.9 Å². The molecule has 29 heavy (non-hydrogen) atoms. The van der Waals surface area contributed by atoms with E-state index in [0.29, 0.717) is 32.3 Å². The number of carbonyl (C=O) groups is 1. The third-order valence-corrected chi connectivity index (χ3v) is 5.70. The standard InChI is InChI=1S/C20H35N7O2/c1-4-16(3)23-20(21-8-9-27-15-22-24-18(27)5-2)26-12-10-25(11-13-26)19(28)17-7-6-14-29-17/h15-17H,4-14H2,1-3H3,(H,21,23). The maximum atomic E-state index is 12.6. The minimum Gasteiger partial charge on any atom is -0.368 e. The van der Waals surface area contributed by atoms with Crippen molar-refractivity contribution in [1.29, 1.82) is 0 Å². The van der Waals surface area contributed by atoms with Crippen molar-refractivity contribution in [3.63, 3.8) is 0 Å². The van der Waals surface area contributed by atoms with Crippen molar-refractivity contribution in [3.8, 4) is 0 Å². The van der Waals surface area contributed by atoms with Gasteiger partial charge < -0.3 is 24.4 Å². The van der Waals surface area contributed by atoms with Gasteiger partial charge in [0.05, 0.1) is 6.54 Å². The number of ether oxygens (including phenoxy) is 1. The van der Waals surface area contributed by atoms with Crippen LogP contribution in [0.1, 0.15) is 45.9 Å². The van der Waals surface area contributed by atoms with Gasteiger partial charge in [-0.15, -0.1) is 10.2 Å². The third-order valence-electron chi connectivity index (χ3n) is 5.70. The molecule has 0 aromatic carbocycles. The van der Waals surface area contributed by atoms with Gasteiger partial charge in [0.15, 0.2) is 5.96 Å². The smallest absolute Gasteiger partial charge is 0.251 e. The number of aryl methyl sites for hydroxylation is 1. The van der Waals surface area contributed by atoms with Crippen LogP contribution in [0.15, 0.2) is 11.3 Å². The van der Waals surface area contributed by atoms with Gasteiger partial charge in [0.2, 0.25) is 0 Å². The van der Waals surface area contributed by atoms with Crippen LogP contribution in [0.2, 0.25) is 0 Å². The molecule has 162 valence electrons. The van der Waals surface area contributed by atoms with Crippen molar-refractivity contribution < 1.29 is 9.53 Å². The predicted octanol–water partition coefficient (Wildman–Crippen LogP) is 0.908. The molecular weight excluding hydrogens is 370 g/mol. The van der Waals surface area contributed by atoms with Gasteiger partial charge in [-0.1, -0.05) is 13.8 Å². The Labute approximate surface area is 173 Å². The molecule has 2 aliphatic rings. The highest BCUT2D eigenvalue weighted by molar-refractivity contribution is 5.83. The highest BCUT2D eigenvalue weighted by Gasteiger charge is 2.31. The molecule has 0 spiro atoms. The lowest BCUT2D eigenvalue weighted by Gasteiger charge is -2.38. The third kappa shape index (κ3) is 5.68. The molecule has 2 aliphatic heterocycles. The molecular formula is C20H35N7O2. The predicted molar refractivity (Wildman–Crippen MR) is 112 cm³/mol. The number of aromatic nitrogens is 3. The fourth-order valence-electron chi connectivity index (χ4n) is 3.68. The first-order chi connectivity index (χ1) is 14.1. The van der Waals surface area contributed by atoms with Crippen LogP contribution >= 0.6 is 0 Å². The van der Waals surface area contributed by atoms with E-state index in [1.807, 2.05) is 4.90 Å². The molecule has 3 heterocycles. The van der Waals surface area contributed by atoms with E-state index in [9.17, 15) is 4.79 Å². The SMILES string of the molecule is CCc1nncn1CCN=C(NC(C)CC)N1CCN(C(=O)C2CCCO2)CC1. The molecule has 3 rings (SSSR count). The van der Waals surface area contributed by atoms with E-state index in [2.05, 4.69) is 45.8 Å². The summed E-state index contributed by atoms with van der Waals surface area (Å²) in [6.45, 7) is 11.5. The number of rotatable bonds is 7. The van der Waals surface area contributed by atoms with Gasteiger partial charge in [-0.25, -0.2) is 0 Å². The molecule has 1 N–H and O–H groups in total. The number of amides is 1. The second kappa shape index (κ2) is 10.6. The van der Waals surface area contributed by atoms with Crippen LogP contribution < -0.4 is 5.32 Å². The van der Waals surface area contributed by atoms with E-state index in [-0.39, 0.29) is 12.0 Å². The van der Waals surface area contributed by atoms with E-state index in [1.165, 1.54) is 0 Å². The van der Waals surface area contributed by atoms with Gasteiger partial charge in [-0.2, -0.15) is 0 Å². The summed E-state index contributed by atoms with van der Waals surface area (Å²) in [4.78, 5) is 21.7. The molecule has 1 aromatic heterocycles. The first-order valence-corrected chi connectivity index (χ1v) is 10.9. The topological polar surface area (TPSA) is 87.9 Å². The maximum absolute atomic E-state index is 12.6. The molecule has 2 atom stereocenters. The zero-order chi connectivity index (χ0) is 20.6. The van der Waals surface area contributed by atoms with Crippen molar-refractivity contribution in [2.45, 2.75) is 65.1 Å². The largest absolute Gasteiger partial charge is 0.368 e. The Morgan fingerprint density at radius 3 is 2.72 bits per heavy atom. The Morgan fingerprint density at radius 1 is 1.31 bits per heavy atom. The highest BCUT2D eigenvalue weighted by Crippen LogP contribution is 2.16. The molecule has 2 fully saturated rings. The number of hydrogen-bond donors (Lipinski definition) is 1. The Hall–Kier alpha value is -2.16. The molecule has 0 radical (unpaired) electrons. The van der Waals surface area contributed by atoms with E-state index in [1.54, 1.807) is 6.33 Å². The van der Waals surface area contributed by atoms with Crippen LogP contribution in [0.4, 0.5) is 0 Å². The number of hydrogen-bond acceptors (Lipinski definition) is 5. The molecule has 1 aromatic rings. The van der Waals surface area contributed by atoms with Gasteiger partial charge in [-0.3, -0.25) is 9.79 Å². The summed E-state index contributed by atoms with van der Waals surface area (Å²) >= 11 is 0. The quantitative estimate of drug-likeness (QED) is 0.536. The van der Waals surface area contributed by atoms with Crippen LogP contribution in [0.3, 0.4) is 0 Å². The Morgan fingerprint density at radius 2 is 2.07 bits per heavy atom. The lowest BCUT2D eigenvalue weighted by atomic mass is 10.2. The second-order valence-electron chi connectivity index (χ2n) is 7.77. The van der Waals surface area contributed by atoms with Crippen LogP contribution in [-0.2, 0) is 22.5 Å². The molecule has 2 unspecified atom stereocenters. The van der Waals surface area contributed by atoms with Crippen LogP contribution in [0, 0.1) is 0 Å². The lowest BCUT2D eigenvalue weighted by Crippen LogP contribution is -2.56. The number of piperazine rings is 1. The van der Waals surface area contributed by atoms with Crippen molar-refractivity contribution >= 4 is 11.9 Å². The first-order valence-electron chi connectivity index (χ1n) is 10.9. The number of carbonyl (C=O) groups excluding carboxylic acids is 1. The summed E-state index contributed by atoms with van der Waals surface area (Å²) in [5, 5.41) is 11.7. The Balaban J connectivity index is 1.57. The molecule has 0 saturated carbocycles. The average molecular weight is 406 g/mol. The number of aliphatic imine (C=N–C) groups is 1. The first kappa shape index (κ1) is 21.5. The minimum absolute atomic E-state index is 0.148. The molecule has 2 saturated heterocycles. The van der Waals surface area contributed by atoms with Crippen LogP contribution in [0.25, 0.3) is 0 Å². The fraction of sp³-hybridized carbons (Fsp3) is 0.800. The van der Waals surface area contributed by atoms with E-state index < -0.39 is 0 Å². The van der Waals surface area contributed by atoms with Gasteiger partial charge in [0.25, 0.3) is 5.91 Å². The van der Waals surface area contributed by atoms with E-state index >= 15 is 0 Å². The zero-order valence-corrected chi connectivity index (χ0v) is 18.0. The van der Waals surface area contributed by atoms with Crippen molar-refractivity contribution in [1.82, 2.24) is 29.9 Å². The van der Waals surface area contributed by atoms with Crippen molar-refractivity contribution in [3.05, 3.63) is 12.2 Å². The van der Waals surface area contributed by atoms with Crippen LogP contribution in [0.5, 0.6) is 0 Å². The zero-order valence-electron chi connectivity index (χ0n) is 18.0. The van der Waals surface area contributed by atoms with Gasteiger partial charge in [0, 0.05) is 51.8 Å². The summed E-state index contributed by atoms with van der Waals surface area (Å²) < 4.78 is 7.62. The summed E-state index contributed by atoms with van der Waals surface area (Å²) in [5.41, 5.74) is 0. The lowest BCUT2D eigenvalue weighted by molar-refractivity contribution is -0.142. The minimum atomic E-state index is -0.232. The van der Waals surface area contributed by atoms with E-state index in [4.69, 9.17) is 9.73 Å². The fourth-order valence-corrected chi connectivity index (χ4v) is 3.68. The number of nitrogens with one attached hydrogen (secondary N) is 1. The number of guanidine groups is 1. The molecule has 9 heteroatoms. The maximum Gasteiger partial charge on any atom is 0.251 e. The number of nitrogens with zero attached hydrogens (tertiary/aromatic N) is 6. The normalized spacial score (nSPS) is 21.5. The summed E-state index contributed by atoms with van der Waals surface area (Å²) in [5.74, 6) is 2.06. The summed E-state index contributed by atoms with van der Waals surface area (Å²) in [6.07, 6.45) is 5.27. The summed E-state index contributed by atoms with van der Waals surface area (Å²) in [6, 6.07) is 0.349. The summed E-state index contributed by atoms with van der Waals surface area (Å²) in [7, 11) is 0. The molecule has 1 amide bonds. The van der Waals surface area contributed by atoms with Gasteiger partial charge in [0.1, 0.15) is 18.3 Å². The second-order valence-corrected chi connectivity index (χ2v) is 7.77. The van der Waals surface area contributed by atoms with Crippen molar-refractivity contribution in [2.75, 3.05) is 39.3 Å². The monoisotopic (exact) mass is 405 g/mol. The van der Waals surface area contributed by atoms with Gasteiger partial charge >= 0.3 is 0 Å². The molecule has 0 aliphatic carbocycles. The van der Waals surface area contributed by atoms with Crippen molar-refractivity contribution in [2.24, 2.45) is 4.99 Å². The Kier molecular flexibility index (Phi) is 7.85. The molecule has 0 bridgehead atoms. The molecule has 9 nitrogen and oxygen atoms in total. The Bertz CT molecular complexity index is 676. The van der Waals surface area contributed by atoms with Gasteiger partial charge in [-0.05, 0) is 26.2 Å². The van der Waals surface area contributed by atoms with E-state index in [0.717, 1.165) is 57.1 Å².